The highest BCUT2D eigenvalue weighted by molar-refractivity contribution is 5.23. The molecule has 20 heavy (non-hydrogen) atoms. The van der Waals surface area contributed by atoms with Gasteiger partial charge < -0.3 is 5.32 Å². The average Bonchev–Trinajstić information content (AvgIpc) is 2.46. The Balaban J connectivity index is 1.90. The van der Waals surface area contributed by atoms with Crippen LogP contribution in [-0.4, -0.2) is 24.0 Å². The maximum Gasteiger partial charge on any atom is 0.0233 e. The molecule has 1 aliphatic heterocycles. The summed E-state index contributed by atoms with van der Waals surface area (Å²) >= 11 is 0. The lowest BCUT2D eigenvalue weighted by atomic mass is 9.95. The van der Waals surface area contributed by atoms with Crippen LogP contribution >= 0.6 is 0 Å². The van der Waals surface area contributed by atoms with Gasteiger partial charge in [0.15, 0.2) is 0 Å². The maximum absolute atomic E-state index is 3.50. The van der Waals surface area contributed by atoms with Gasteiger partial charge in [0.1, 0.15) is 0 Å². The summed E-state index contributed by atoms with van der Waals surface area (Å²) in [6.07, 6.45) is 4.12. The van der Waals surface area contributed by atoms with Gasteiger partial charge in [0, 0.05) is 25.7 Å². The molecule has 1 aromatic rings. The molecule has 1 N–H and O–H groups in total. The van der Waals surface area contributed by atoms with Crippen LogP contribution in [0.4, 0.5) is 0 Å². The molecule has 2 nitrogen and oxygen atoms in total. The second-order valence-electron chi connectivity index (χ2n) is 6.51. The Morgan fingerprint density at radius 3 is 2.85 bits per heavy atom. The minimum Gasteiger partial charge on any atom is -0.310 e. The quantitative estimate of drug-likeness (QED) is 0.848. The average molecular weight is 274 g/mol. The van der Waals surface area contributed by atoms with Gasteiger partial charge in [-0.2, -0.15) is 0 Å². The summed E-state index contributed by atoms with van der Waals surface area (Å²) in [5.74, 6) is 0.912. The van der Waals surface area contributed by atoms with E-state index in [1.807, 2.05) is 0 Å². The van der Waals surface area contributed by atoms with Crippen molar-refractivity contribution in [3.8, 4) is 0 Å². The SMILES string of the molecule is CCC1CCCN(Cc2cccc(CNC(C)C)c2)C1. The molecule has 0 bridgehead atoms. The maximum atomic E-state index is 3.50. The van der Waals surface area contributed by atoms with E-state index in [0.717, 1.165) is 19.0 Å². The van der Waals surface area contributed by atoms with E-state index in [-0.39, 0.29) is 0 Å². The minimum atomic E-state index is 0.547. The van der Waals surface area contributed by atoms with E-state index in [1.165, 1.54) is 43.5 Å². The van der Waals surface area contributed by atoms with Crippen molar-refractivity contribution >= 4 is 0 Å². The molecular formula is C18H30N2. The highest BCUT2D eigenvalue weighted by Crippen LogP contribution is 2.21. The second kappa shape index (κ2) is 7.80. The molecule has 0 aromatic heterocycles. The summed E-state index contributed by atoms with van der Waals surface area (Å²) < 4.78 is 0. The lowest BCUT2D eigenvalue weighted by Crippen LogP contribution is -2.34. The van der Waals surface area contributed by atoms with Crippen LogP contribution in [0.15, 0.2) is 24.3 Å². The first-order chi connectivity index (χ1) is 9.67. The molecule has 0 radical (unpaired) electrons. The van der Waals surface area contributed by atoms with Gasteiger partial charge in [0.2, 0.25) is 0 Å². The molecule has 1 heterocycles. The van der Waals surface area contributed by atoms with Crippen molar-refractivity contribution < 1.29 is 0 Å². The fourth-order valence-corrected chi connectivity index (χ4v) is 3.05. The Morgan fingerprint density at radius 1 is 1.30 bits per heavy atom. The van der Waals surface area contributed by atoms with E-state index in [4.69, 9.17) is 0 Å². The number of rotatable bonds is 6. The number of likely N-dealkylation sites (tertiary alicyclic amines) is 1. The van der Waals surface area contributed by atoms with Gasteiger partial charge in [0.25, 0.3) is 0 Å². The zero-order chi connectivity index (χ0) is 14.4. The van der Waals surface area contributed by atoms with Gasteiger partial charge in [-0.25, -0.2) is 0 Å². The van der Waals surface area contributed by atoms with Gasteiger partial charge in [-0.15, -0.1) is 0 Å². The van der Waals surface area contributed by atoms with Gasteiger partial charge in [-0.05, 0) is 36.4 Å². The molecule has 1 fully saturated rings. The standard InChI is InChI=1S/C18H30N2/c1-4-16-9-6-10-20(13-16)14-18-8-5-7-17(11-18)12-19-15(2)3/h5,7-8,11,15-16,19H,4,6,9-10,12-14H2,1-3H3. The first-order valence-electron chi connectivity index (χ1n) is 8.21. The number of benzene rings is 1. The summed E-state index contributed by atoms with van der Waals surface area (Å²) in [6.45, 7) is 11.4. The number of hydrogen-bond acceptors (Lipinski definition) is 2. The molecule has 0 spiro atoms. The third kappa shape index (κ3) is 4.92. The number of hydrogen-bond donors (Lipinski definition) is 1. The highest BCUT2D eigenvalue weighted by Gasteiger charge is 2.18. The predicted octanol–water partition coefficient (Wildman–Crippen LogP) is 3.81. The summed E-state index contributed by atoms with van der Waals surface area (Å²) in [6, 6.07) is 9.61. The first-order valence-corrected chi connectivity index (χ1v) is 8.21. The van der Waals surface area contributed by atoms with Crippen molar-refractivity contribution in [2.45, 2.75) is 59.2 Å². The molecule has 2 rings (SSSR count). The van der Waals surface area contributed by atoms with Gasteiger partial charge in [-0.1, -0.05) is 51.5 Å². The fourth-order valence-electron chi connectivity index (χ4n) is 3.05. The molecule has 1 aliphatic rings. The molecule has 0 aliphatic carbocycles. The van der Waals surface area contributed by atoms with Crippen LogP contribution in [0.25, 0.3) is 0 Å². The van der Waals surface area contributed by atoms with E-state index in [2.05, 4.69) is 55.3 Å². The Labute approximate surface area is 124 Å². The molecule has 0 amide bonds. The molecule has 2 heteroatoms. The van der Waals surface area contributed by atoms with Crippen LogP contribution in [0.5, 0.6) is 0 Å². The van der Waals surface area contributed by atoms with E-state index < -0.39 is 0 Å². The van der Waals surface area contributed by atoms with Crippen LogP contribution in [0.2, 0.25) is 0 Å². The molecule has 1 unspecified atom stereocenters. The number of nitrogens with one attached hydrogen (secondary N) is 1. The predicted molar refractivity (Wildman–Crippen MR) is 86.7 cm³/mol. The number of piperidine rings is 1. The topological polar surface area (TPSA) is 15.3 Å². The summed E-state index contributed by atoms with van der Waals surface area (Å²) in [5.41, 5.74) is 2.87. The normalized spacial score (nSPS) is 20.5. The zero-order valence-corrected chi connectivity index (χ0v) is 13.4. The molecule has 112 valence electrons. The van der Waals surface area contributed by atoms with Crippen LogP contribution in [0.1, 0.15) is 51.2 Å². The largest absolute Gasteiger partial charge is 0.310 e. The lowest BCUT2D eigenvalue weighted by molar-refractivity contribution is 0.164. The number of nitrogens with zero attached hydrogens (tertiary/aromatic N) is 1. The summed E-state index contributed by atoms with van der Waals surface area (Å²) in [4.78, 5) is 2.63. The molecule has 1 atom stereocenters. The minimum absolute atomic E-state index is 0.547. The fraction of sp³-hybridized carbons (Fsp3) is 0.667. The summed E-state index contributed by atoms with van der Waals surface area (Å²) in [5, 5.41) is 3.50. The third-order valence-corrected chi connectivity index (χ3v) is 4.29. The smallest absolute Gasteiger partial charge is 0.0233 e. The lowest BCUT2D eigenvalue weighted by Gasteiger charge is -2.32. The van der Waals surface area contributed by atoms with Crippen LogP contribution in [0, 0.1) is 5.92 Å². The molecule has 1 aromatic carbocycles. The van der Waals surface area contributed by atoms with Crippen molar-refractivity contribution in [1.29, 1.82) is 0 Å². The van der Waals surface area contributed by atoms with E-state index >= 15 is 0 Å². The summed E-state index contributed by atoms with van der Waals surface area (Å²) in [7, 11) is 0. The van der Waals surface area contributed by atoms with Crippen molar-refractivity contribution in [3.63, 3.8) is 0 Å². The van der Waals surface area contributed by atoms with Crippen LogP contribution < -0.4 is 5.32 Å². The second-order valence-corrected chi connectivity index (χ2v) is 6.51. The molecule has 1 saturated heterocycles. The van der Waals surface area contributed by atoms with Gasteiger partial charge in [-0.3, -0.25) is 4.90 Å². The van der Waals surface area contributed by atoms with E-state index in [0.29, 0.717) is 6.04 Å². The van der Waals surface area contributed by atoms with Crippen LogP contribution in [0.3, 0.4) is 0 Å². The Morgan fingerprint density at radius 2 is 2.10 bits per heavy atom. The zero-order valence-electron chi connectivity index (χ0n) is 13.4. The van der Waals surface area contributed by atoms with E-state index in [1.54, 1.807) is 0 Å². The third-order valence-electron chi connectivity index (χ3n) is 4.29. The first kappa shape index (κ1) is 15.5. The van der Waals surface area contributed by atoms with Crippen molar-refractivity contribution in [1.82, 2.24) is 10.2 Å². The monoisotopic (exact) mass is 274 g/mol. The highest BCUT2D eigenvalue weighted by atomic mass is 15.1. The molecular weight excluding hydrogens is 244 g/mol. The van der Waals surface area contributed by atoms with Crippen molar-refractivity contribution in [2.75, 3.05) is 13.1 Å². The van der Waals surface area contributed by atoms with Crippen molar-refractivity contribution in [2.24, 2.45) is 5.92 Å². The Bertz CT molecular complexity index is 400. The van der Waals surface area contributed by atoms with Gasteiger partial charge in [0.05, 0.1) is 0 Å². The van der Waals surface area contributed by atoms with Crippen LogP contribution in [-0.2, 0) is 13.1 Å². The van der Waals surface area contributed by atoms with E-state index in [9.17, 15) is 0 Å². The molecule has 0 saturated carbocycles. The Kier molecular flexibility index (Phi) is 6.06. The van der Waals surface area contributed by atoms with Crippen molar-refractivity contribution in [3.05, 3.63) is 35.4 Å². The Hall–Kier alpha value is -0.860. The van der Waals surface area contributed by atoms with Gasteiger partial charge >= 0.3 is 0 Å².